The highest BCUT2D eigenvalue weighted by Crippen LogP contribution is 2.32. The zero-order valence-electron chi connectivity index (χ0n) is 9.47. The van der Waals surface area contributed by atoms with E-state index in [0.29, 0.717) is 12.4 Å². The molecule has 0 amide bonds. The van der Waals surface area contributed by atoms with Crippen molar-refractivity contribution >= 4 is 12.0 Å². The summed E-state index contributed by atoms with van der Waals surface area (Å²) in [4.78, 5) is 20.8. The highest BCUT2D eigenvalue weighted by Gasteiger charge is 2.19. The van der Waals surface area contributed by atoms with E-state index in [1.165, 1.54) is 12.1 Å². The van der Waals surface area contributed by atoms with Gasteiger partial charge in [-0.25, -0.2) is 8.78 Å². The summed E-state index contributed by atoms with van der Waals surface area (Å²) in [6, 6.07) is 6.41. The molecule has 0 fully saturated rings. The number of rotatable bonds is 3. The number of halogens is 2. The average Bonchev–Trinajstić information content (AvgIpc) is 2.38. The van der Waals surface area contributed by atoms with Gasteiger partial charge >= 0.3 is 0 Å². The maximum Gasteiger partial charge on any atom is 0.278 e. The van der Waals surface area contributed by atoms with E-state index in [1.807, 2.05) is 0 Å². The lowest BCUT2D eigenvalue weighted by atomic mass is 10.0. The molecule has 0 saturated carbocycles. The fourth-order valence-electron chi connectivity index (χ4n) is 1.71. The number of benzene rings is 2. The molecule has 6 heteroatoms. The molecule has 4 nitrogen and oxygen atoms in total. The Morgan fingerprint density at radius 3 is 2.32 bits per heavy atom. The van der Waals surface area contributed by atoms with Gasteiger partial charge in [0.15, 0.2) is 0 Å². The fourth-order valence-corrected chi connectivity index (χ4v) is 1.71. The molecular formula is C13H7F2NO3. The van der Waals surface area contributed by atoms with Crippen LogP contribution in [0, 0.1) is 21.7 Å². The SMILES string of the molecule is O=Cc1ccc(-c2ccc(F)cc2F)c([N+](=O)[O-])c1. The van der Waals surface area contributed by atoms with Crippen molar-refractivity contribution in [2.75, 3.05) is 0 Å². The minimum Gasteiger partial charge on any atom is -0.298 e. The van der Waals surface area contributed by atoms with Crippen LogP contribution >= 0.6 is 0 Å². The summed E-state index contributed by atoms with van der Waals surface area (Å²) in [6.45, 7) is 0. The van der Waals surface area contributed by atoms with Crippen molar-refractivity contribution in [3.8, 4) is 11.1 Å². The van der Waals surface area contributed by atoms with E-state index < -0.39 is 22.2 Å². The van der Waals surface area contributed by atoms with Crippen LogP contribution in [0.15, 0.2) is 36.4 Å². The maximum atomic E-state index is 13.6. The number of nitrogens with zero attached hydrogens (tertiary/aromatic N) is 1. The predicted molar refractivity (Wildman–Crippen MR) is 63.8 cm³/mol. The van der Waals surface area contributed by atoms with Gasteiger partial charge in [-0.05, 0) is 18.2 Å². The molecular weight excluding hydrogens is 256 g/mol. The Labute approximate surface area is 106 Å². The van der Waals surface area contributed by atoms with E-state index in [2.05, 4.69) is 0 Å². The van der Waals surface area contributed by atoms with Crippen molar-refractivity contribution in [1.82, 2.24) is 0 Å². The van der Waals surface area contributed by atoms with Crippen LogP contribution in [0.1, 0.15) is 10.4 Å². The van der Waals surface area contributed by atoms with Gasteiger partial charge in [0.25, 0.3) is 5.69 Å². The van der Waals surface area contributed by atoms with E-state index >= 15 is 0 Å². The van der Waals surface area contributed by atoms with Gasteiger partial charge in [-0.3, -0.25) is 14.9 Å². The molecule has 0 aliphatic heterocycles. The highest BCUT2D eigenvalue weighted by molar-refractivity contribution is 5.82. The first-order valence-electron chi connectivity index (χ1n) is 5.22. The molecule has 2 aromatic carbocycles. The largest absolute Gasteiger partial charge is 0.298 e. The molecule has 96 valence electrons. The second-order valence-corrected chi connectivity index (χ2v) is 3.78. The molecule has 0 aliphatic carbocycles. The average molecular weight is 263 g/mol. The maximum absolute atomic E-state index is 13.6. The molecule has 0 heterocycles. The Bertz CT molecular complexity index is 671. The topological polar surface area (TPSA) is 60.2 Å². The van der Waals surface area contributed by atoms with Gasteiger partial charge in [0.1, 0.15) is 17.9 Å². The summed E-state index contributed by atoms with van der Waals surface area (Å²) >= 11 is 0. The van der Waals surface area contributed by atoms with Crippen LogP contribution in [0.25, 0.3) is 11.1 Å². The molecule has 0 atom stereocenters. The summed E-state index contributed by atoms with van der Waals surface area (Å²) in [5.41, 5.74) is -0.397. The standard InChI is InChI=1S/C13H7F2NO3/c14-9-2-4-10(12(15)6-9)11-3-1-8(7-17)5-13(11)16(18)19/h1-7H. The van der Waals surface area contributed by atoms with E-state index in [1.54, 1.807) is 0 Å². The van der Waals surface area contributed by atoms with Crippen molar-refractivity contribution in [1.29, 1.82) is 0 Å². The Hall–Kier alpha value is -2.63. The van der Waals surface area contributed by atoms with Crippen LogP contribution < -0.4 is 0 Å². The lowest BCUT2D eigenvalue weighted by Gasteiger charge is -2.05. The minimum atomic E-state index is -0.901. The lowest BCUT2D eigenvalue weighted by molar-refractivity contribution is -0.384. The monoisotopic (exact) mass is 263 g/mol. The van der Waals surface area contributed by atoms with Gasteiger partial charge in [-0.2, -0.15) is 0 Å². The van der Waals surface area contributed by atoms with Crippen LogP contribution in [-0.4, -0.2) is 11.2 Å². The molecule has 0 spiro atoms. The Balaban J connectivity index is 2.67. The summed E-state index contributed by atoms with van der Waals surface area (Å²) in [5.74, 6) is -1.67. The summed E-state index contributed by atoms with van der Waals surface area (Å²) < 4.78 is 26.5. The molecule has 0 N–H and O–H groups in total. The van der Waals surface area contributed by atoms with Crippen LogP contribution in [0.3, 0.4) is 0 Å². The minimum absolute atomic E-state index is 0.00639. The van der Waals surface area contributed by atoms with Crippen molar-refractivity contribution in [3.05, 3.63) is 63.7 Å². The van der Waals surface area contributed by atoms with Gasteiger partial charge in [0, 0.05) is 23.3 Å². The van der Waals surface area contributed by atoms with Crippen LogP contribution in [0.5, 0.6) is 0 Å². The van der Waals surface area contributed by atoms with E-state index in [-0.39, 0.29) is 16.7 Å². The third-order valence-electron chi connectivity index (χ3n) is 2.58. The molecule has 0 bridgehead atoms. The summed E-state index contributed by atoms with van der Waals surface area (Å²) in [5, 5.41) is 10.9. The predicted octanol–water partition coefficient (Wildman–Crippen LogP) is 3.35. The Morgan fingerprint density at radius 1 is 1.05 bits per heavy atom. The summed E-state index contributed by atoms with van der Waals surface area (Å²) in [7, 11) is 0. The van der Waals surface area contributed by atoms with Gasteiger partial charge in [-0.15, -0.1) is 0 Å². The van der Waals surface area contributed by atoms with Crippen LogP contribution in [-0.2, 0) is 0 Å². The zero-order chi connectivity index (χ0) is 14.0. The lowest BCUT2D eigenvalue weighted by Crippen LogP contribution is -1.96. The highest BCUT2D eigenvalue weighted by atomic mass is 19.1. The first-order chi connectivity index (χ1) is 9.02. The van der Waals surface area contributed by atoms with E-state index in [4.69, 9.17) is 0 Å². The van der Waals surface area contributed by atoms with Gasteiger partial charge < -0.3 is 0 Å². The first-order valence-corrected chi connectivity index (χ1v) is 5.22. The smallest absolute Gasteiger partial charge is 0.278 e. The number of nitro groups is 1. The van der Waals surface area contributed by atoms with E-state index in [0.717, 1.165) is 18.2 Å². The number of hydrogen-bond donors (Lipinski definition) is 0. The summed E-state index contributed by atoms with van der Waals surface area (Å²) in [6.07, 6.45) is 0.456. The molecule has 0 aliphatic rings. The van der Waals surface area contributed by atoms with Crippen molar-refractivity contribution in [2.24, 2.45) is 0 Å². The molecule has 0 radical (unpaired) electrons. The Kier molecular flexibility index (Phi) is 3.33. The third-order valence-corrected chi connectivity index (χ3v) is 2.58. The molecule has 2 aromatic rings. The van der Waals surface area contributed by atoms with Crippen LogP contribution in [0.2, 0.25) is 0 Å². The molecule has 0 saturated heterocycles. The number of hydrogen-bond acceptors (Lipinski definition) is 3. The zero-order valence-corrected chi connectivity index (χ0v) is 9.47. The molecule has 0 unspecified atom stereocenters. The third kappa shape index (κ3) is 2.47. The van der Waals surface area contributed by atoms with Crippen LogP contribution in [0.4, 0.5) is 14.5 Å². The first kappa shape index (κ1) is 12.8. The quantitative estimate of drug-likeness (QED) is 0.484. The Morgan fingerprint density at radius 2 is 1.74 bits per heavy atom. The second-order valence-electron chi connectivity index (χ2n) is 3.78. The van der Waals surface area contributed by atoms with Gasteiger partial charge in [0.05, 0.1) is 10.5 Å². The second kappa shape index (κ2) is 4.93. The number of aldehydes is 1. The van der Waals surface area contributed by atoms with Crippen molar-refractivity contribution < 1.29 is 18.5 Å². The van der Waals surface area contributed by atoms with E-state index in [9.17, 15) is 23.7 Å². The normalized spacial score (nSPS) is 10.2. The molecule has 0 aromatic heterocycles. The molecule has 19 heavy (non-hydrogen) atoms. The number of carbonyl (C=O) groups excluding carboxylic acids is 1. The van der Waals surface area contributed by atoms with Gasteiger partial charge in [-0.1, -0.05) is 6.07 Å². The fraction of sp³-hybridized carbons (Fsp3) is 0. The molecule has 2 rings (SSSR count). The van der Waals surface area contributed by atoms with Gasteiger partial charge in [0.2, 0.25) is 0 Å². The number of nitro benzene ring substituents is 1. The van der Waals surface area contributed by atoms with Crippen molar-refractivity contribution in [2.45, 2.75) is 0 Å². The number of carbonyl (C=O) groups is 1. The van der Waals surface area contributed by atoms with Crippen molar-refractivity contribution in [3.63, 3.8) is 0 Å².